The Balaban J connectivity index is 1.43. The summed E-state index contributed by atoms with van der Waals surface area (Å²) in [6, 6.07) is 7.23. The number of rotatable bonds is 6. The van der Waals surface area contributed by atoms with Gasteiger partial charge in [0.15, 0.2) is 0 Å². The van der Waals surface area contributed by atoms with Crippen molar-refractivity contribution >= 4 is 23.4 Å². The lowest BCUT2D eigenvalue weighted by atomic mass is 10.2. The van der Waals surface area contributed by atoms with Crippen LogP contribution in [0.1, 0.15) is 32.1 Å². The van der Waals surface area contributed by atoms with E-state index in [1.54, 1.807) is 12.1 Å². The Morgan fingerprint density at radius 3 is 2.33 bits per heavy atom. The van der Waals surface area contributed by atoms with Crippen LogP contribution in [-0.4, -0.2) is 57.9 Å². The van der Waals surface area contributed by atoms with E-state index in [2.05, 4.69) is 10.1 Å². The average Bonchev–Trinajstić information content (AvgIpc) is 3.17. The van der Waals surface area contributed by atoms with Crippen LogP contribution in [0.4, 0.5) is 0 Å². The first-order chi connectivity index (χ1) is 13.1. The summed E-state index contributed by atoms with van der Waals surface area (Å²) >= 11 is 5.88. The summed E-state index contributed by atoms with van der Waals surface area (Å²) in [5, 5.41) is 4.63. The normalized spacial score (nSPS) is 14.4. The molecule has 0 N–H and O–H groups in total. The number of aryl methyl sites for hydroxylation is 1. The van der Waals surface area contributed by atoms with E-state index < -0.39 is 0 Å². The highest BCUT2D eigenvalue weighted by molar-refractivity contribution is 6.30. The summed E-state index contributed by atoms with van der Waals surface area (Å²) in [5.41, 5.74) is 0.838. The molecule has 0 spiro atoms. The zero-order valence-corrected chi connectivity index (χ0v) is 16.1. The molecule has 0 atom stereocenters. The van der Waals surface area contributed by atoms with Gasteiger partial charge in [0.1, 0.15) is 0 Å². The predicted molar refractivity (Wildman–Crippen MR) is 101 cm³/mol. The maximum atomic E-state index is 12.3. The highest BCUT2D eigenvalue weighted by Gasteiger charge is 2.23. The first-order valence-corrected chi connectivity index (χ1v) is 9.58. The number of hydrogen-bond donors (Lipinski definition) is 0. The molecule has 0 radical (unpaired) electrons. The molecule has 2 heterocycles. The third-order valence-corrected chi connectivity index (χ3v) is 4.89. The Morgan fingerprint density at radius 1 is 1.07 bits per heavy atom. The van der Waals surface area contributed by atoms with Gasteiger partial charge in [-0.3, -0.25) is 9.59 Å². The summed E-state index contributed by atoms with van der Waals surface area (Å²) in [4.78, 5) is 32.0. The lowest BCUT2D eigenvalue weighted by Gasteiger charge is -2.34. The molecule has 1 fully saturated rings. The fourth-order valence-electron chi connectivity index (χ4n) is 3.05. The van der Waals surface area contributed by atoms with Crippen LogP contribution in [0.15, 0.2) is 28.8 Å². The van der Waals surface area contributed by atoms with Gasteiger partial charge in [-0.05, 0) is 30.7 Å². The number of carbonyl (C=O) groups excluding carboxylic acids is 2. The van der Waals surface area contributed by atoms with Crippen molar-refractivity contribution in [2.24, 2.45) is 0 Å². The SMILES string of the molecule is CCC(=O)N1CCN(C(=O)CCCc2nc(-c3ccc(Cl)cc3)no2)CC1. The van der Waals surface area contributed by atoms with E-state index in [9.17, 15) is 9.59 Å². The van der Waals surface area contributed by atoms with Crippen molar-refractivity contribution in [3.05, 3.63) is 35.2 Å². The van der Waals surface area contributed by atoms with Gasteiger partial charge >= 0.3 is 0 Å². The zero-order valence-electron chi connectivity index (χ0n) is 15.4. The summed E-state index contributed by atoms with van der Waals surface area (Å²) in [7, 11) is 0. The van der Waals surface area contributed by atoms with Crippen molar-refractivity contribution in [1.29, 1.82) is 0 Å². The third-order valence-electron chi connectivity index (χ3n) is 4.64. The molecule has 1 aliphatic heterocycles. The molecule has 1 saturated heterocycles. The predicted octanol–water partition coefficient (Wildman–Crippen LogP) is 2.79. The number of aromatic nitrogens is 2. The highest BCUT2D eigenvalue weighted by atomic mass is 35.5. The second-order valence-electron chi connectivity index (χ2n) is 6.49. The van der Waals surface area contributed by atoms with Gasteiger partial charge in [-0.25, -0.2) is 0 Å². The molecule has 0 bridgehead atoms. The monoisotopic (exact) mass is 390 g/mol. The number of amides is 2. The summed E-state index contributed by atoms with van der Waals surface area (Å²) in [6.45, 7) is 4.30. The van der Waals surface area contributed by atoms with Gasteiger partial charge in [0.25, 0.3) is 0 Å². The van der Waals surface area contributed by atoms with Gasteiger partial charge in [-0.2, -0.15) is 4.98 Å². The zero-order chi connectivity index (χ0) is 19.2. The van der Waals surface area contributed by atoms with Crippen molar-refractivity contribution < 1.29 is 14.1 Å². The minimum Gasteiger partial charge on any atom is -0.339 e. The minimum atomic E-state index is 0.107. The molecule has 0 unspecified atom stereocenters. The molecular weight excluding hydrogens is 368 g/mol. The standard InChI is InChI=1S/C19H23ClN4O3/c1-2-17(25)23-10-12-24(13-11-23)18(26)5-3-4-16-21-19(22-27-16)14-6-8-15(20)9-7-14/h6-9H,2-5,10-13H2,1H3. The van der Waals surface area contributed by atoms with E-state index in [0.29, 0.717) is 68.6 Å². The molecule has 0 saturated carbocycles. The molecule has 144 valence electrons. The number of benzene rings is 1. The lowest BCUT2D eigenvalue weighted by Crippen LogP contribution is -2.50. The number of piperazine rings is 1. The van der Waals surface area contributed by atoms with Crippen LogP contribution in [0, 0.1) is 0 Å². The Hall–Kier alpha value is -2.41. The molecule has 7 nitrogen and oxygen atoms in total. The molecule has 0 aliphatic carbocycles. The Labute approximate surface area is 163 Å². The highest BCUT2D eigenvalue weighted by Crippen LogP contribution is 2.19. The first-order valence-electron chi connectivity index (χ1n) is 9.21. The number of nitrogens with zero attached hydrogens (tertiary/aromatic N) is 4. The van der Waals surface area contributed by atoms with Crippen LogP contribution in [-0.2, 0) is 16.0 Å². The molecule has 3 rings (SSSR count). The molecule has 1 aromatic carbocycles. The van der Waals surface area contributed by atoms with Crippen molar-refractivity contribution in [2.75, 3.05) is 26.2 Å². The lowest BCUT2D eigenvalue weighted by molar-refractivity contribution is -0.139. The Morgan fingerprint density at radius 2 is 1.70 bits per heavy atom. The molecule has 2 aromatic rings. The van der Waals surface area contributed by atoms with E-state index in [1.807, 2.05) is 28.9 Å². The largest absolute Gasteiger partial charge is 0.339 e. The van der Waals surface area contributed by atoms with E-state index in [0.717, 1.165) is 5.56 Å². The second-order valence-corrected chi connectivity index (χ2v) is 6.92. The Bertz CT molecular complexity index is 783. The van der Waals surface area contributed by atoms with Gasteiger partial charge in [-0.1, -0.05) is 23.7 Å². The quantitative estimate of drug-likeness (QED) is 0.757. The second kappa shape index (κ2) is 8.99. The van der Waals surface area contributed by atoms with E-state index in [1.165, 1.54) is 0 Å². The fourth-order valence-corrected chi connectivity index (χ4v) is 3.18. The van der Waals surface area contributed by atoms with Gasteiger partial charge in [0.2, 0.25) is 23.5 Å². The van der Waals surface area contributed by atoms with Crippen LogP contribution >= 0.6 is 11.6 Å². The van der Waals surface area contributed by atoms with Crippen molar-refractivity contribution in [3.63, 3.8) is 0 Å². The van der Waals surface area contributed by atoms with E-state index >= 15 is 0 Å². The van der Waals surface area contributed by atoms with Gasteiger partial charge in [0.05, 0.1) is 0 Å². The van der Waals surface area contributed by atoms with Crippen LogP contribution < -0.4 is 0 Å². The van der Waals surface area contributed by atoms with Gasteiger partial charge in [-0.15, -0.1) is 0 Å². The smallest absolute Gasteiger partial charge is 0.226 e. The van der Waals surface area contributed by atoms with Crippen LogP contribution in [0.3, 0.4) is 0 Å². The van der Waals surface area contributed by atoms with Crippen LogP contribution in [0.25, 0.3) is 11.4 Å². The van der Waals surface area contributed by atoms with E-state index in [4.69, 9.17) is 16.1 Å². The molecule has 1 aromatic heterocycles. The number of halogens is 1. The van der Waals surface area contributed by atoms with Gasteiger partial charge in [0, 0.05) is 56.0 Å². The average molecular weight is 391 g/mol. The molecule has 2 amide bonds. The van der Waals surface area contributed by atoms with Gasteiger partial charge < -0.3 is 14.3 Å². The summed E-state index contributed by atoms with van der Waals surface area (Å²) < 4.78 is 5.27. The molecule has 1 aliphatic rings. The molecular formula is C19H23ClN4O3. The maximum Gasteiger partial charge on any atom is 0.226 e. The van der Waals surface area contributed by atoms with Crippen molar-refractivity contribution in [1.82, 2.24) is 19.9 Å². The van der Waals surface area contributed by atoms with E-state index in [-0.39, 0.29) is 11.8 Å². The van der Waals surface area contributed by atoms with Crippen LogP contribution in [0.2, 0.25) is 5.02 Å². The first kappa shape index (κ1) is 19.4. The maximum absolute atomic E-state index is 12.3. The topological polar surface area (TPSA) is 79.5 Å². The number of hydrogen-bond acceptors (Lipinski definition) is 5. The molecule has 8 heteroatoms. The fraction of sp³-hybridized carbons (Fsp3) is 0.474. The van der Waals surface area contributed by atoms with Crippen molar-refractivity contribution in [3.8, 4) is 11.4 Å². The Kier molecular flexibility index (Phi) is 6.45. The van der Waals surface area contributed by atoms with Crippen LogP contribution in [0.5, 0.6) is 0 Å². The summed E-state index contributed by atoms with van der Waals surface area (Å²) in [5.74, 6) is 1.29. The number of carbonyl (C=O) groups is 2. The summed E-state index contributed by atoms with van der Waals surface area (Å²) in [6.07, 6.45) is 2.15. The third kappa shape index (κ3) is 5.07. The minimum absolute atomic E-state index is 0.107. The molecule has 27 heavy (non-hydrogen) atoms. The van der Waals surface area contributed by atoms with Crippen molar-refractivity contribution in [2.45, 2.75) is 32.6 Å².